The maximum absolute atomic E-state index is 5.24. The van der Waals surface area contributed by atoms with Crippen LogP contribution in [0.3, 0.4) is 0 Å². The summed E-state index contributed by atoms with van der Waals surface area (Å²) in [6.07, 6.45) is 5.57. The van der Waals surface area contributed by atoms with E-state index in [1.165, 1.54) is 24.0 Å². The molecule has 0 unspecified atom stereocenters. The fourth-order valence-electron chi connectivity index (χ4n) is 2.16. The molecular formula is C14H20O2. The van der Waals surface area contributed by atoms with Gasteiger partial charge < -0.3 is 0 Å². The van der Waals surface area contributed by atoms with Crippen LogP contribution in [0.1, 0.15) is 50.7 Å². The summed E-state index contributed by atoms with van der Waals surface area (Å²) in [6, 6.07) is 8.48. The summed E-state index contributed by atoms with van der Waals surface area (Å²) in [4.78, 5) is 10.5. The summed E-state index contributed by atoms with van der Waals surface area (Å²) >= 11 is 0. The van der Waals surface area contributed by atoms with E-state index in [-0.39, 0.29) is 0 Å². The van der Waals surface area contributed by atoms with Crippen molar-refractivity contribution in [3.63, 3.8) is 0 Å². The van der Waals surface area contributed by atoms with Gasteiger partial charge in [-0.1, -0.05) is 51.0 Å². The molecule has 88 valence electrons. The zero-order valence-corrected chi connectivity index (χ0v) is 10.2. The molecule has 0 radical (unpaired) electrons. The lowest BCUT2D eigenvalue weighted by Crippen LogP contribution is -2.10. The maximum atomic E-state index is 5.24. The summed E-state index contributed by atoms with van der Waals surface area (Å²) in [5.74, 6) is -0.418. The molecule has 0 N–H and O–H groups in total. The van der Waals surface area contributed by atoms with E-state index in [0.29, 0.717) is 0 Å². The molecular weight excluding hydrogens is 200 g/mol. The highest BCUT2D eigenvalue weighted by atomic mass is 17.4. The van der Waals surface area contributed by atoms with Gasteiger partial charge in [-0.15, -0.1) is 0 Å². The van der Waals surface area contributed by atoms with Gasteiger partial charge in [-0.05, 0) is 18.4 Å². The topological polar surface area (TPSA) is 25.1 Å². The predicted octanol–water partition coefficient (Wildman–Crippen LogP) is 3.94. The molecule has 1 aromatic rings. The summed E-state index contributed by atoms with van der Waals surface area (Å²) in [7, 11) is 0. The minimum atomic E-state index is -0.418. The largest absolute Gasteiger partial charge is 0.259 e. The van der Waals surface area contributed by atoms with Crippen LogP contribution in [0.25, 0.3) is 0 Å². The van der Waals surface area contributed by atoms with E-state index in [1.807, 2.05) is 0 Å². The third-order valence-electron chi connectivity index (χ3n) is 3.09. The third kappa shape index (κ3) is 2.28. The van der Waals surface area contributed by atoms with Crippen LogP contribution in [0.15, 0.2) is 24.3 Å². The first kappa shape index (κ1) is 11.6. The number of benzene rings is 1. The number of hydrogen-bond donors (Lipinski definition) is 0. The average Bonchev–Trinajstić information content (AvgIpc) is 3.08. The SMILES string of the molecule is CCCCc1ccccc1C1(CCC)OO1. The molecule has 0 bridgehead atoms. The van der Waals surface area contributed by atoms with Gasteiger partial charge in [-0.25, -0.2) is 0 Å². The molecule has 0 spiro atoms. The van der Waals surface area contributed by atoms with Crippen molar-refractivity contribution in [2.24, 2.45) is 0 Å². The first-order valence-corrected chi connectivity index (χ1v) is 6.27. The van der Waals surface area contributed by atoms with Crippen molar-refractivity contribution in [3.8, 4) is 0 Å². The van der Waals surface area contributed by atoms with Gasteiger partial charge in [0, 0.05) is 12.0 Å². The summed E-state index contributed by atoms with van der Waals surface area (Å²) in [6.45, 7) is 4.37. The van der Waals surface area contributed by atoms with Gasteiger partial charge in [0.1, 0.15) is 0 Å². The minimum Gasteiger partial charge on any atom is -0.189 e. The Morgan fingerprint density at radius 3 is 2.44 bits per heavy atom. The minimum absolute atomic E-state index is 0.418. The molecule has 1 aliphatic rings. The van der Waals surface area contributed by atoms with E-state index in [1.54, 1.807) is 0 Å². The predicted molar refractivity (Wildman–Crippen MR) is 63.8 cm³/mol. The van der Waals surface area contributed by atoms with Crippen molar-refractivity contribution in [2.45, 2.75) is 51.7 Å². The zero-order chi connectivity index (χ0) is 11.4. The molecule has 1 aliphatic heterocycles. The molecule has 1 fully saturated rings. The Balaban J connectivity index is 2.19. The Kier molecular flexibility index (Phi) is 3.62. The number of unbranched alkanes of at least 4 members (excludes halogenated alkanes) is 1. The highest BCUT2D eigenvalue weighted by Crippen LogP contribution is 2.46. The van der Waals surface area contributed by atoms with Gasteiger partial charge in [-0.3, -0.25) is 0 Å². The summed E-state index contributed by atoms with van der Waals surface area (Å²) in [5, 5.41) is 0. The highest BCUT2D eigenvalue weighted by Gasteiger charge is 2.50. The normalized spacial score (nSPS) is 17.4. The van der Waals surface area contributed by atoms with Gasteiger partial charge >= 0.3 is 0 Å². The van der Waals surface area contributed by atoms with Crippen molar-refractivity contribution in [3.05, 3.63) is 35.4 Å². The van der Waals surface area contributed by atoms with Crippen LogP contribution in [0.2, 0.25) is 0 Å². The molecule has 0 amide bonds. The maximum Gasteiger partial charge on any atom is 0.259 e. The van der Waals surface area contributed by atoms with Crippen LogP contribution in [-0.2, 0) is 22.0 Å². The molecule has 0 aliphatic carbocycles. The lowest BCUT2D eigenvalue weighted by molar-refractivity contribution is 0.0850. The van der Waals surface area contributed by atoms with E-state index in [9.17, 15) is 0 Å². The lowest BCUT2D eigenvalue weighted by Gasteiger charge is -2.12. The fraction of sp³-hybridized carbons (Fsp3) is 0.571. The number of rotatable bonds is 6. The van der Waals surface area contributed by atoms with E-state index in [4.69, 9.17) is 9.78 Å². The molecule has 1 saturated heterocycles. The lowest BCUT2D eigenvalue weighted by atomic mass is 9.94. The first-order valence-electron chi connectivity index (χ1n) is 6.27. The quantitative estimate of drug-likeness (QED) is 0.536. The Bertz CT molecular complexity index is 342. The molecule has 2 nitrogen and oxygen atoms in total. The molecule has 16 heavy (non-hydrogen) atoms. The number of hydrogen-bond acceptors (Lipinski definition) is 2. The molecule has 2 rings (SSSR count). The van der Waals surface area contributed by atoms with Crippen LogP contribution in [0.4, 0.5) is 0 Å². The van der Waals surface area contributed by atoms with Crippen molar-refractivity contribution >= 4 is 0 Å². The monoisotopic (exact) mass is 220 g/mol. The summed E-state index contributed by atoms with van der Waals surface area (Å²) in [5.41, 5.74) is 2.60. The third-order valence-corrected chi connectivity index (χ3v) is 3.09. The molecule has 0 atom stereocenters. The van der Waals surface area contributed by atoms with E-state index < -0.39 is 5.79 Å². The average molecular weight is 220 g/mol. The Hall–Kier alpha value is -0.860. The van der Waals surface area contributed by atoms with Crippen LogP contribution in [-0.4, -0.2) is 0 Å². The van der Waals surface area contributed by atoms with Crippen molar-refractivity contribution in [2.75, 3.05) is 0 Å². The fourth-order valence-corrected chi connectivity index (χ4v) is 2.16. The molecule has 1 aromatic carbocycles. The van der Waals surface area contributed by atoms with E-state index in [0.717, 1.165) is 19.3 Å². The summed E-state index contributed by atoms with van der Waals surface area (Å²) < 4.78 is 0. The second-order valence-electron chi connectivity index (χ2n) is 4.43. The molecule has 0 saturated carbocycles. The van der Waals surface area contributed by atoms with Crippen LogP contribution < -0.4 is 0 Å². The van der Waals surface area contributed by atoms with Gasteiger partial charge in [0.25, 0.3) is 5.79 Å². The molecule has 1 heterocycles. The standard InChI is InChI=1S/C14H20O2/c1-3-5-8-12-9-6-7-10-13(12)14(11-4-2)15-16-14/h6-7,9-10H,3-5,8,11H2,1-2H3. The Morgan fingerprint density at radius 2 is 1.81 bits per heavy atom. The van der Waals surface area contributed by atoms with E-state index in [2.05, 4.69) is 38.1 Å². The molecule has 0 aromatic heterocycles. The van der Waals surface area contributed by atoms with Gasteiger partial charge in [0.2, 0.25) is 0 Å². The van der Waals surface area contributed by atoms with Crippen molar-refractivity contribution in [1.82, 2.24) is 0 Å². The zero-order valence-electron chi connectivity index (χ0n) is 10.2. The van der Waals surface area contributed by atoms with E-state index >= 15 is 0 Å². The van der Waals surface area contributed by atoms with Gasteiger partial charge in [0.15, 0.2) is 0 Å². The Labute approximate surface area is 97.5 Å². The second-order valence-corrected chi connectivity index (χ2v) is 4.43. The van der Waals surface area contributed by atoms with Gasteiger partial charge in [-0.2, -0.15) is 9.78 Å². The first-order chi connectivity index (χ1) is 7.82. The van der Waals surface area contributed by atoms with Crippen LogP contribution in [0, 0.1) is 0 Å². The van der Waals surface area contributed by atoms with Crippen molar-refractivity contribution < 1.29 is 9.78 Å². The Morgan fingerprint density at radius 1 is 1.06 bits per heavy atom. The molecule has 2 heteroatoms. The van der Waals surface area contributed by atoms with Crippen LogP contribution in [0.5, 0.6) is 0 Å². The smallest absolute Gasteiger partial charge is 0.189 e. The van der Waals surface area contributed by atoms with Gasteiger partial charge in [0.05, 0.1) is 0 Å². The van der Waals surface area contributed by atoms with Crippen LogP contribution >= 0.6 is 0 Å². The number of aryl methyl sites for hydroxylation is 1. The van der Waals surface area contributed by atoms with Crippen molar-refractivity contribution in [1.29, 1.82) is 0 Å². The highest BCUT2D eigenvalue weighted by molar-refractivity contribution is 5.32. The second kappa shape index (κ2) is 4.98.